The van der Waals surface area contributed by atoms with Gasteiger partial charge in [0, 0.05) is 36.4 Å². The van der Waals surface area contributed by atoms with Crippen LogP contribution in [0.25, 0.3) is 0 Å². The van der Waals surface area contributed by atoms with Crippen LogP contribution in [-0.2, 0) is 4.74 Å². The van der Waals surface area contributed by atoms with Gasteiger partial charge in [-0.2, -0.15) is 0 Å². The predicted octanol–water partition coefficient (Wildman–Crippen LogP) is 3.47. The first-order valence-corrected chi connectivity index (χ1v) is 7.75. The van der Waals surface area contributed by atoms with E-state index in [-0.39, 0.29) is 6.04 Å². The molecule has 0 aliphatic carbocycles. The molecule has 0 amide bonds. The van der Waals surface area contributed by atoms with Crippen molar-refractivity contribution in [1.82, 2.24) is 0 Å². The zero-order valence-corrected chi connectivity index (χ0v) is 13.3. The van der Waals surface area contributed by atoms with Crippen LogP contribution in [-0.4, -0.2) is 26.3 Å². The predicted molar refractivity (Wildman–Crippen MR) is 83.6 cm³/mol. The van der Waals surface area contributed by atoms with Gasteiger partial charge < -0.3 is 15.4 Å². The average Bonchev–Trinajstić information content (AvgIpc) is 2.39. The third-order valence-corrected chi connectivity index (χ3v) is 4.14. The number of rotatable bonds is 4. The van der Waals surface area contributed by atoms with Crippen molar-refractivity contribution in [3.05, 3.63) is 28.2 Å². The fourth-order valence-corrected chi connectivity index (χ4v) is 2.97. The van der Waals surface area contributed by atoms with Gasteiger partial charge in [-0.15, -0.1) is 0 Å². The van der Waals surface area contributed by atoms with Gasteiger partial charge in [-0.25, -0.2) is 0 Å². The van der Waals surface area contributed by atoms with E-state index in [9.17, 15) is 0 Å². The Kier molecular flexibility index (Phi) is 5.25. The lowest BCUT2D eigenvalue weighted by molar-refractivity contribution is 0.0216. The van der Waals surface area contributed by atoms with Gasteiger partial charge in [-0.3, -0.25) is 0 Å². The maximum absolute atomic E-state index is 6.08. The van der Waals surface area contributed by atoms with Crippen molar-refractivity contribution in [2.24, 2.45) is 5.73 Å². The summed E-state index contributed by atoms with van der Waals surface area (Å²) in [6, 6.07) is 6.34. The number of halogens is 1. The second kappa shape index (κ2) is 6.73. The number of ether oxygens (including phenoxy) is 1. The summed E-state index contributed by atoms with van der Waals surface area (Å²) in [5.74, 6) is 0. The van der Waals surface area contributed by atoms with Crippen LogP contribution < -0.4 is 10.6 Å². The van der Waals surface area contributed by atoms with Crippen molar-refractivity contribution in [2.75, 3.05) is 25.1 Å². The van der Waals surface area contributed by atoms with Gasteiger partial charge in [0.2, 0.25) is 0 Å². The summed E-state index contributed by atoms with van der Waals surface area (Å²) in [5.41, 5.74) is 8.45. The lowest BCUT2D eigenvalue weighted by atomic mass is 10.0. The van der Waals surface area contributed by atoms with Crippen LogP contribution >= 0.6 is 15.9 Å². The molecule has 3 nitrogen and oxygen atoms in total. The second-order valence-electron chi connectivity index (χ2n) is 5.36. The number of anilines is 1. The highest BCUT2D eigenvalue weighted by molar-refractivity contribution is 9.10. The third-order valence-electron chi connectivity index (χ3n) is 3.64. The smallest absolute Gasteiger partial charge is 0.0749 e. The van der Waals surface area contributed by atoms with E-state index in [4.69, 9.17) is 10.5 Å². The van der Waals surface area contributed by atoms with E-state index < -0.39 is 0 Å². The molecule has 1 saturated heterocycles. The fraction of sp³-hybridized carbons (Fsp3) is 0.600. The average molecular weight is 327 g/mol. The summed E-state index contributed by atoms with van der Waals surface area (Å²) in [4.78, 5) is 2.26. The summed E-state index contributed by atoms with van der Waals surface area (Å²) in [5, 5.41) is 0. The van der Waals surface area contributed by atoms with Crippen LogP contribution in [0, 0.1) is 0 Å². The van der Waals surface area contributed by atoms with Crippen molar-refractivity contribution >= 4 is 21.6 Å². The number of nitrogens with zero attached hydrogens (tertiary/aromatic N) is 1. The van der Waals surface area contributed by atoms with Crippen molar-refractivity contribution in [3.63, 3.8) is 0 Å². The Morgan fingerprint density at radius 2 is 2.26 bits per heavy atom. The Morgan fingerprint density at radius 1 is 1.47 bits per heavy atom. The number of nitrogens with two attached hydrogens (primary N) is 1. The van der Waals surface area contributed by atoms with Crippen LogP contribution in [0.5, 0.6) is 0 Å². The van der Waals surface area contributed by atoms with Gasteiger partial charge in [0.25, 0.3) is 0 Å². The minimum atomic E-state index is 0.0298. The molecule has 0 bridgehead atoms. The highest BCUT2D eigenvalue weighted by Gasteiger charge is 2.18. The molecule has 0 saturated carbocycles. The van der Waals surface area contributed by atoms with Gasteiger partial charge in [0.1, 0.15) is 0 Å². The molecule has 4 heteroatoms. The molecular weight excluding hydrogens is 304 g/mol. The molecule has 2 rings (SSSR count). The SMILES string of the molecule is CC(N)c1cc(Br)ccc1N(C)CC1CCCCO1. The topological polar surface area (TPSA) is 38.5 Å². The molecule has 1 heterocycles. The van der Waals surface area contributed by atoms with Gasteiger partial charge in [0.15, 0.2) is 0 Å². The Balaban J connectivity index is 2.11. The second-order valence-corrected chi connectivity index (χ2v) is 6.28. The first kappa shape index (κ1) is 14.8. The van der Waals surface area contributed by atoms with E-state index in [1.165, 1.54) is 24.1 Å². The van der Waals surface area contributed by atoms with Crippen molar-refractivity contribution in [3.8, 4) is 0 Å². The molecule has 106 valence electrons. The third kappa shape index (κ3) is 3.94. The molecule has 1 aliphatic heterocycles. The first-order chi connectivity index (χ1) is 9.08. The number of benzene rings is 1. The number of likely N-dealkylation sites (N-methyl/N-ethyl adjacent to an activating group) is 1. The van der Waals surface area contributed by atoms with E-state index in [0.29, 0.717) is 6.10 Å². The minimum absolute atomic E-state index is 0.0298. The normalized spacial score (nSPS) is 21.2. The molecule has 1 aliphatic rings. The fourth-order valence-electron chi connectivity index (χ4n) is 2.59. The summed E-state index contributed by atoms with van der Waals surface area (Å²) >= 11 is 3.51. The Hall–Kier alpha value is -0.580. The van der Waals surface area contributed by atoms with E-state index in [1.807, 2.05) is 6.92 Å². The van der Waals surface area contributed by atoms with Crippen LogP contribution in [0.3, 0.4) is 0 Å². The largest absolute Gasteiger partial charge is 0.376 e. The van der Waals surface area contributed by atoms with Gasteiger partial charge in [-0.05, 0) is 49.9 Å². The number of hydrogen-bond donors (Lipinski definition) is 1. The van der Waals surface area contributed by atoms with Crippen molar-refractivity contribution in [2.45, 2.75) is 38.3 Å². The summed E-state index contributed by atoms with van der Waals surface area (Å²) < 4.78 is 6.89. The molecule has 0 aromatic heterocycles. The van der Waals surface area contributed by atoms with Gasteiger partial charge in [0.05, 0.1) is 6.10 Å². The molecule has 0 radical (unpaired) electrons. The maximum atomic E-state index is 6.08. The summed E-state index contributed by atoms with van der Waals surface area (Å²) in [6.45, 7) is 3.86. The Labute approximate surface area is 124 Å². The number of hydrogen-bond acceptors (Lipinski definition) is 3. The molecule has 1 aromatic rings. The molecule has 1 aromatic carbocycles. The van der Waals surface area contributed by atoms with E-state index in [0.717, 1.165) is 24.0 Å². The Morgan fingerprint density at radius 3 is 2.89 bits per heavy atom. The van der Waals surface area contributed by atoms with Crippen LogP contribution in [0.2, 0.25) is 0 Å². The lowest BCUT2D eigenvalue weighted by Gasteiger charge is -2.30. The highest BCUT2D eigenvalue weighted by Crippen LogP contribution is 2.28. The van der Waals surface area contributed by atoms with Crippen LogP contribution in [0.1, 0.15) is 37.8 Å². The van der Waals surface area contributed by atoms with E-state index in [2.05, 4.69) is 46.1 Å². The summed E-state index contributed by atoms with van der Waals surface area (Å²) in [7, 11) is 2.12. The molecule has 19 heavy (non-hydrogen) atoms. The highest BCUT2D eigenvalue weighted by atomic mass is 79.9. The van der Waals surface area contributed by atoms with E-state index >= 15 is 0 Å². The molecule has 1 fully saturated rings. The Bertz CT molecular complexity index is 417. The quantitative estimate of drug-likeness (QED) is 0.920. The van der Waals surface area contributed by atoms with Crippen LogP contribution in [0.15, 0.2) is 22.7 Å². The van der Waals surface area contributed by atoms with Crippen molar-refractivity contribution in [1.29, 1.82) is 0 Å². The molecule has 2 N–H and O–H groups in total. The summed E-state index contributed by atoms with van der Waals surface area (Å²) in [6.07, 6.45) is 3.99. The molecule has 2 unspecified atom stereocenters. The van der Waals surface area contributed by atoms with Gasteiger partial charge in [-0.1, -0.05) is 15.9 Å². The standard InChI is InChI=1S/C15H23BrN2O/c1-11(17)14-9-12(16)6-7-15(14)18(2)10-13-5-3-4-8-19-13/h6-7,9,11,13H,3-5,8,10,17H2,1-2H3. The zero-order chi connectivity index (χ0) is 13.8. The monoisotopic (exact) mass is 326 g/mol. The molecular formula is C15H23BrN2O. The van der Waals surface area contributed by atoms with Gasteiger partial charge >= 0.3 is 0 Å². The van der Waals surface area contributed by atoms with Crippen molar-refractivity contribution < 1.29 is 4.74 Å². The molecule has 2 atom stereocenters. The lowest BCUT2D eigenvalue weighted by Crippen LogP contribution is -2.34. The minimum Gasteiger partial charge on any atom is -0.376 e. The van der Waals surface area contributed by atoms with E-state index in [1.54, 1.807) is 0 Å². The maximum Gasteiger partial charge on any atom is 0.0749 e. The molecule has 0 spiro atoms. The van der Waals surface area contributed by atoms with Crippen LogP contribution in [0.4, 0.5) is 5.69 Å². The zero-order valence-electron chi connectivity index (χ0n) is 11.7. The first-order valence-electron chi connectivity index (χ1n) is 6.95.